The van der Waals surface area contributed by atoms with Crippen molar-refractivity contribution in [1.29, 1.82) is 0 Å². The molecule has 0 spiro atoms. The van der Waals surface area contributed by atoms with Gasteiger partial charge in [0.25, 0.3) is 0 Å². The van der Waals surface area contributed by atoms with Crippen molar-refractivity contribution in [2.75, 3.05) is 17.2 Å². The average molecular weight is 277 g/mol. The zero-order valence-electron chi connectivity index (χ0n) is 11.9. The van der Waals surface area contributed by atoms with Crippen molar-refractivity contribution in [3.8, 4) is 6.01 Å². The van der Waals surface area contributed by atoms with E-state index in [9.17, 15) is 0 Å². The summed E-state index contributed by atoms with van der Waals surface area (Å²) in [6.45, 7) is 7.13. The lowest BCUT2D eigenvalue weighted by molar-refractivity contribution is 0.222. The molecule has 2 rings (SSSR count). The van der Waals surface area contributed by atoms with Crippen LogP contribution >= 0.6 is 0 Å². The van der Waals surface area contributed by atoms with Gasteiger partial charge in [0, 0.05) is 18.7 Å². The number of hydrogen-bond acceptors (Lipinski definition) is 7. The Balaban J connectivity index is 2.10. The van der Waals surface area contributed by atoms with Crippen molar-refractivity contribution in [2.24, 2.45) is 0 Å². The topological polar surface area (TPSA) is 85.1 Å². The summed E-state index contributed by atoms with van der Waals surface area (Å²) in [5, 5.41) is 6.17. The first-order valence-corrected chi connectivity index (χ1v) is 6.59. The number of rotatable bonds is 7. The van der Waals surface area contributed by atoms with Crippen LogP contribution < -0.4 is 15.4 Å². The maximum absolute atomic E-state index is 5.52. The van der Waals surface area contributed by atoms with Gasteiger partial charge in [0.05, 0.1) is 18.6 Å². The highest BCUT2D eigenvalue weighted by molar-refractivity contribution is 5.36. The molecule has 0 unspecified atom stereocenters. The van der Waals surface area contributed by atoms with E-state index in [0.717, 1.165) is 12.1 Å². The van der Waals surface area contributed by atoms with Gasteiger partial charge in [-0.3, -0.25) is 0 Å². The summed E-state index contributed by atoms with van der Waals surface area (Å²) in [5.74, 6) is 0.959. The third-order valence-electron chi connectivity index (χ3n) is 2.32. The third-order valence-corrected chi connectivity index (χ3v) is 2.32. The lowest BCUT2D eigenvalue weighted by atomic mass is 10.3. The number of hydrogen-bond donors (Lipinski definition) is 2. The Bertz CT molecular complexity index is 528. The van der Waals surface area contributed by atoms with Crippen molar-refractivity contribution < 1.29 is 9.15 Å². The highest BCUT2D eigenvalue weighted by atomic mass is 16.5. The van der Waals surface area contributed by atoms with Crippen LogP contribution in [0, 0.1) is 0 Å². The summed E-state index contributed by atoms with van der Waals surface area (Å²) in [7, 11) is 0. The van der Waals surface area contributed by atoms with Gasteiger partial charge in [-0.25, -0.2) is 0 Å². The number of nitrogens with zero attached hydrogens (tertiary/aromatic N) is 3. The summed E-state index contributed by atoms with van der Waals surface area (Å²) in [6, 6.07) is 2.19. The smallest absolute Gasteiger partial charge is 0.323 e. The zero-order valence-corrected chi connectivity index (χ0v) is 11.9. The third kappa shape index (κ3) is 4.11. The van der Waals surface area contributed by atoms with Gasteiger partial charge in [-0.2, -0.15) is 15.0 Å². The van der Waals surface area contributed by atoms with Crippen LogP contribution in [-0.4, -0.2) is 27.6 Å². The van der Waals surface area contributed by atoms with E-state index in [1.165, 1.54) is 0 Å². The Kier molecular flexibility index (Phi) is 4.75. The monoisotopic (exact) mass is 277 g/mol. The number of aromatic nitrogens is 3. The molecule has 0 saturated carbocycles. The molecule has 0 radical (unpaired) electrons. The number of ether oxygens (including phenoxy) is 1. The lowest BCUT2D eigenvalue weighted by Gasteiger charge is -2.11. The Morgan fingerprint density at radius 3 is 2.55 bits per heavy atom. The van der Waals surface area contributed by atoms with Crippen molar-refractivity contribution in [2.45, 2.75) is 33.4 Å². The van der Waals surface area contributed by atoms with Gasteiger partial charge >= 0.3 is 6.01 Å². The van der Waals surface area contributed by atoms with E-state index >= 15 is 0 Å². The Hall–Kier alpha value is -2.31. The molecule has 0 atom stereocenters. The van der Waals surface area contributed by atoms with E-state index in [2.05, 4.69) is 25.6 Å². The zero-order chi connectivity index (χ0) is 14.4. The standard InChI is InChI=1S/C13H19N5O2/c1-4-14-11-16-12(15-7-10-5-6-19-8-10)18-13(17-11)20-9(2)3/h5-6,8-9H,4,7H2,1-3H3,(H2,14,15,16,17,18). The van der Waals surface area contributed by atoms with Crippen LogP contribution in [0.5, 0.6) is 6.01 Å². The fourth-order valence-electron chi connectivity index (χ4n) is 1.51. The van der Waals surface area contributed by atoms with E-state index in [-0.39, 0.29) is 6.10 Å². The molecule has 2 N–H and O–H groups in total. The van der Waals surface area contributed by atoms with Crippen molar-refractivity contribution >= 4 is 11.9 Å². The maximum atomic E-state index is 5.52. The Morgan fingerprint density at radius 2 is 1.95 bits per heavy atom. The minimum atomic E-state index is 0.00796. The summed E-state index contributed by atoms with van der Waals surface area (Å²) in [5.41, 5.74) is 1.02. The van der Waals surface area contributed by atoms with Crippen molar-refractivity contribution in [3.63, 3.8) is 0 Å². The van der Waals surface area contributed by atoms with Gasteiger partial charge in [0.2, 0.25) is 11.9 Å². The number of furan rings is 1. The number of nitrogens with one attached hydrogen (secondary N) is 2. The first-order chi connectivity index (χ1) is 9.67. The first-order valence-electron chi connectivity index (χ1n) is 6.59. The van der Waals surface area contributed by atoms with E-state index in [1.807, 2.05) is 26.8 Å². The molecule has 108 valence electrons. The second-order valence-electron chi connectivity index (χ2n) is 4.45. The minimum Gasteiger partial charge on any atom is -0.472 e. The highest BCUT2D eigenvalue weighted by Gasteiger charge is 2.08. The quantitative estimate of drug-likeness (QED) is 0.803. The van der Waals surface area contributed by atoms with Crippen LogP contribution in [0.3, 0.4) is 0 Å². The maximum Gasteiger partial charge on any atom is 0.323 e. The molecule has 0 saturated heterocycles. The van der Waals surface area contributed by atoms with Crippen LogP contribution in [0.4, 0.5) is 11.9 Å². The molecule has 0 aromatic carbocycles. The Morgan fingerprint density at radius 1 is 1.20 bits per heavy atom. The van der Waals surface area contributed by atoms with Crippen LogP contribution in [0.1, 0.15) is 26.3 Å². The predicted octanol–water partition coefficient (Wildman–Crippen LogP) is 2.30. The second-order valence-corrected chi connectivity index (χ2v) is 4.45. The first kappa shape index (κ1) is 14.1. The van der Waals surface area contributed by atoms with Gasteiger partial charge in [-0.1, -0.05) is 0 Å². The molecule has 0 bridgehead atoms. The van der Waals surface area contributed by atoms with Gasteiger partial charge in [0.1, 0.15) is 0 Å². The van der Waals surface area contributed by atoms with Gasteiger partial charge in [0.15, 0.2) is 0 Å². The molecule has 7 nitrogen and oxygen atoms in total. The lowest BCUT2D eigenvalue weighted by Crippen LogP contribution is -2.13. The van der Waals surface area contributed by atoms with Crippen LogP contribution in [0.15, 0.2) is 23.0 Å². The molecular formula is C13H19N5O2. The van der Waals surface area contributed by atoms with Crippen molar-refractivity contribution in [3.05, 3.63) is 24.2 Å². The summed E-state index contributed by atoms with van der Waals surface area (Å²) in [6.07, 6.45) is 3.31. The number of anilines is 2. The molecule has 7 heteroatoms. The highest BCUT2D eigenvalue weighted by Crippen LogP contribution is 2.13. The molecule has 0 fully saturated rings. The summed E-state index contributed by atoms with van der Waals surface area (Å²) >= 11 is 0. The molecule has 2 aromatic rings. The van der Waals surface area contributed by atoms with E-state index in [4.69, 9.17) is 9.15 Å². The van der Waals surface area contributed by atoms with Gasteiger partial charge in [-0.15, -0.1) is 0 Å². The second kappa shape index (κ2) is 6.74. The average Bonchev–Trinajstić information content (AvgIpc) is 2.89. The molecule has 0 aliphatic rings. The van der Waals surface area contributed by atoms with Crippen LogP contribution in [-0.2, 0) is 6.54 Å². The minimum absolute atomic E-state index is 0.00796. The summed E-state index contributed by atoms with van der Waals surface area (Å²) in [4.78, 5) is 12.7. The van der Waals surface area contributed by atoms with Gasteiger partial charge in [-0.05, 0) is 26.8 Å². The molecule has 2 heterocycles. The summed E-state index contributed by atoms with van der Waals surface area (Å²) < 4.78 is 10.5. The molecular weight excluding hydrogens is 258 g/mol. The largest absolute Gasteiger partial charge is 0.472 e. The van der Waals surface area contributed by atoms with E-state index < -0.39 is 0 Å². The SMILES string of the molecule is CCNc1nc(NCc2ccoc2)nc(OC(C)C)n1. The van der Waals surface area contributed by atoms with E-state index in [1.54, 1.807) is 12.5 Å². The molecule has 2 aromatic heterocycles. The van der Waals surface area contributed by atoms with Crippen LogP contribution in [0.25, 0.3) is 0 Å². The Labute approximate surface area is 117 Å². The van der Waals surface area contributed by atoms with Crippen LogP contribution in [0.2, 0.25) is 0 Å². The molecule has 0 amide bonds. The van der Waals surface area contributed by atoms with Gasteiger partial charge < -0.3 is 19.8 Å². The van der Waals surface area contributed by atoms with Crippen molar-refractivity contribution in [1.82, 2.24) is 15.0 Å². The fraction of sp³-hybridized carbons (Fsp3) is 0.462. The predicted molar refractivity (Wildman–Crippen MR) is 75.8 cm³/mol. The molecule has 0 aliphatic carbocycles. The normalized spacial score (nSPS) is 10.6. The molecule has 20 heavy (non-hydrogen) atoms. The van der Waals surface area contributed by atoms with E-state index in [0.29, 0.717) is 24.5 Å². The fourth-order valence-corrected chi connectivity index (χ4v) is 1.51. The molecule has 0 aliphatic heterocycles.